The molecular formula is C10H16N6. The van der Waals surface area contributed by atoms with Crippen molar-refractivity contribution >= 4 is 22.8 Å². The largest absolute Gasteiger partial charge is 0.370 e. The fourth-order valence-corrected chi connectivity index (χ4v) is 1.45. The van der Waals surface area contributed by atoms with E-state index in [1.807, 2.05) is 6.92 Å². The molecule has 0 aliphatic rings. The van der Waals surface area contributed by atoms with Crippen LogP contribution in [0, 0.1) is 0 Å². The monoisotopic (exact) mass is 220 g/mol. The van der Waals surface area contributed by atoms with E-state index in [9.17, 15) is 0 Å². The maximum Gasteiger partial charge on any atom is 0.226 e. The lowest BCUT2D eigenvalue weighted by atomic mass is 10.4. The van der Waals surface area contributed by atoms with E-state index >= 15 is 0 Å². The lowest BCUT2D eigenvalue weighted by Gasteiger charge is -2.07. The van der Waals surface area contributed by atoms with E-state index < -0.39 is 0 Å². The molecular weight excluding hydrogens is 204 g/mol. The molecule has 0 aliphatic carbocycles. The molecule has 0 saturated heterocycles. The third kappa shape index (κ3) is 2.05. The fourth-order valence-electron chi connectivity index (χ4n) is 1.45. The van der Waals surface area contributed by atoms with Gasteiger partial charge in [0.15, 0.2) is 5.65 Å². The van der Waals surface area contributed by atoms with Crippen molar-refractivity contribution < 1.29 is 0 Å². The standard InChI is InChI=1S/C10H16N6/c1-3-5-12-10-14-8(11-4-2)7-6-13-16-9(7)15-10/h6H,3-5H2,1-2H3,(H3,11,12,13,14,15,16). The van der Waals surface area contributed by atoms with Crippen LogP contribution in [0.2, 0.25) is 0 Å². The van der Waals surface area contributed by atoms with Gasteiger partial charge in [0.05, 0.1) is 11.6 Å². The minimum Gasteiger partial charge on any atom is -0.370 e. The van der Waals surface area contributed by atoms with E-state index in [1.54, 1.807) is 6.20 Å². The number of H-pyrrole nitrogens is 1. The molecule has 0 bridgehead atoms. The van der Waals surface area contributed by atoms with Crippen LogP contribution >= 0.6 is 0 Å². The number of rotatable bonds is 5. The van der Waals surface area contributed by atoms with E-state index in [4.69, 9.17) is 0 Å². The molecule has 6 nitrogen and oxygen atoms in total. The van der Waals surface area contributed by atoms with Crippen molar-refractivity contribution in [1.82, 2.24) is 20.2 Å². The molecule has 2 aromatic rings. The van der Waals surface area contributed by atoms with Crippen LogP contribution in [-0.4, -0.2) is 33.3 Å². The second-order valence-electron chi connectivity index (χ2n) is 3.49. The molecule has 2 rings (SSSR count). The highest BCUT2D eigenvalue weighted by Gasteiger charge is 2.07. The topological polar surface area (TPSA) is 78.5 Å². The third-order valence-electron chi connectivity index (χ3n) is 2.19. The number of hydrogen-bond donors (Lipinski definition) is 3. The molecule has 3 N–H and O–H groups in total. The Morgan fingerprint density at radius 3 is 2.88 bits per heavy atom. The first-order valence-electron chi connectivity index (χ1n) is 5.54. The van der Waals surface area contributed by atoms with Gasteiger partial charge in [-0.25, -0.2) is 0 Å². The van der Waals surface area contributed by atoms with Gasteiger partial charge in [-0.05, 0) is 13.3 Å². The average molecular weight is 220 g/mol. The minimum absolute atomic E-state index is 0.634. The molecule has 0 fully saturated rings. The summed E-state index contributed by atoms with van der Waals surface area (Å²) in [6, 6.07) is 0. The maximum atomic E-state index is 4.41. The first-order valence-corrected chi connectivity index (χ1v) is 5.54. The van der Waals surface area contributed by atoms with Crippen LogP contribution in [0.4, 0.5) is 11.8 Å². The quantitative estimate of drug-likeness (QED) is 0.713. The van der Waals surface area contributed by atoms with Crippen LogP contribution in [0.25, 0.3) is 11.0 Å². The predicted molar refractivity (Wildman–Crippen MR) is 64.6 cm³/mol. The Labute approximate surface area is 93.9 Å². The SMILES string of the molecule is CCCNc1nc(NCC)c2cn[nH]c2n1. The van der Waals surface area contributed by atoms with Gasteiger partial charge in [-0.2, -0.15) is 15.1 Å². The first kappa shape index (κ1) is 10.7. The highest BCUT2D eigenvalue weighted by molar-refractivity contribution is 5.86. The van der Waals surface area contributed by atoms with Gasteiger partial charge in [0, 0.05) is 13.1 Å². The van der Waals surface area contributed by atoms with Crippen LogP contribution in [0.15, 0.2) is 6.20 Å². The maximum absolute atomic E-state index is 4.41. The molecule has 0 spiro atoms. The van der Waals surface area contributed by atoms with Gasteiger partial charge in [0.2, 0.25) is 5.95 Å². The van der Waals surface area contributed by atoms with E-state index in [1.165, 1.54) is 0 Å². The van der Waals surface area contributed by atoms with E-state index in [0.717, 1.165) is 36.4 Å². The summed E-state index contributed by atoms with van der Waals surface area (Å²) >= 11 is 0. The summed E-state index contributed by atoms with van der Waals surface area (Å²) in [5.41, 5.74) is 0.754. The molecule has 16 heavy (non-hydrogen) atoms. The highest BCUT2D eigenvalue weighted by Crippen LogP contribution is 2.19. The second kappa shape index (κ2) is 4.78. The fraction of sp³-hybridized carbons (Fsp3) is 0.500. The lowest BCUT2D eigenvalue weighted by molar-refractivity contribution is 0.954. The van der Waals surface area contributed by atoms with E-state index in [2.05, 4.69) is 37.7 Å². The van der Waals surface area contributed by atoms with Crippen molar-refractivity contribution in [2.75, 3.05) is 23.7 Å². The third-order valence-corrected chi connectivity index (χ3v) is 2.19. The number of anilines is 2. The summed E-state index contributed by atoms with van der Waals surface area (Å²) < 4.78 is 0. The van der Waals surface area contributed by atoms with Crippen molar-refractivity contribution in [1.29, 1.82) is 0 Å². The summed E-state index contributed by atoms with van der Waals surface area (Å²) in [5, 5.41) is 14.1. The zero-order valence-corrected chi connectivity index (χ0v) is 9.54. The highest BCUT2D eigenvalue weighted by atomic mass is 15.2. The minimum atomic E-state index is 0.634. The predicted octanol–water partition coefficient (Wildman–Crippen LogP) is 1.61. The van der Waals surface area contributed by atoms with Crippen LogP contribution in [0.3, 0.4) is 0 Å². The summed E-state index contributed by atoms with van der Waals surface area (Å²) in [5.74, 6) is 1.45. The van der Waals surface area contributed by atoms with Crippen molar-refractivity contribution in [2.45, 2.75) is 20.3 Å². The molecule has 86 valence electrons. The zero-order chi connectivity index (χ0) is 11.4. The number of nitrogens with one attached hydrogen (secondary N) is 3. The molecule has 2 aromatic heterocycles. The van der Waals surface area contributed by atoms with Gasteiger partial charge in [0.1, 0.15) is 5.82 Å². The summed E-state index contributed by atoms with van der Waals surface area (Å²) in [6.45, 7) is 5.83. The van der Waals surface area contributed by atoms with Gasteiger partial charge in [-0.3, -0.25) is 5.10 Å². The van der Waals surface area contributed by atoms with Crippen molar-refractivity contribution in [3.05, 3.63) is 6.20 Å². The Bertz CT molecular complexity index is 463. The zero-order valence-electron chi connectivity index (χ0n) is 9.54. The van der Waals surface area contributed by atoms with Crippen LogP contribution in [0.1, 0.15) is 20.3 Å². The summed E-state index contributed by atoms with van der Waals surface area (Å²) in [6.07, 6.45) is 2.78. The van der Waals surface area contributed by atoms with Gasteiger partial charge in [0.25, 0.3) is 0 Å². The van der Waals surface area contributed by atoms with Crippen molar-refractivity contribution in [2.24, 2.45) is 0 Å². The van der Waals surface area contributed by atoms with Gasteiger partial charge < -0.3 is 10.6 Å². The smallest absolute Gasteiger partial charge is 0.226 e. The molecule has 0 aromatic carbocycles. The first-order chi connectivity index (χ1) is 7.85. The Kier molecular flexibility index (Phi) is 3.19. The Morgan fingerprint density at radius 2 is 2.12 bits per heavy atom. The van der Waals surface area contributed by atoms with Crippen LogP contribution in [0.5, 0.6) is 0 Å². The number of hydrogen-bond acceptors (Lipinski definition) is 5. The number of aromatic nitrogens is 4. The molecule has 2 heterocycles. The van der Waals surface area contributed by atoms with Crippen LogP contribution in [-0.2, 0) is 0 Å². The van der Waals surface area contributed by atoms with E-state index in [-0.39, 0.29) is 0 Å². The Hall–Kier alpha value is -1.85. The second-order valence-corrected chi connectivity index (χ2v) is 3.49. The molecule has 6 heteroatoms. The van der Waals surface area contributed by atoms with Gasteiger partial charge in [-0.15, -0.1) is 0 Å². The summed E-state index contributed by atoms with van der Waals surface area (Å²) in [7, 11) is 0. The molecule has 0 aliphatic heterocycles. The molecule has 0 atom stereocenters. The number of nitrogens with zero attached hydrogens (tertiary/aromatic N) is 3. The molecule has 0 unspecified atom stereocenters. The average Bonchev–Trinajstić information content (AvgIpc) is 2.75. The Morgan fingerprint density at radius 1 is 1.25 bits per heavy atom. The summed E-state index contributed by atoms with van der Waals surface area (Å²) in [4.78, 5) is 8.74. The molecule has 0 saturated carbocycles. The lowest BCUT2D eigenvalue weighted by Crippen LogP contribution is -2.07. The van der Waals surface area contributed by atoms with Gasteiger partial charge >= 0.3 is 0 Å². The van der Waals surface area contributed by atoms with Crippen molar-refractivity contribution in [3.63, 3.8) is 0 Å². The molecule has 0 amide bonds. The Balaban J connectivity index is 2.36. The van der Waals surface area contributed by atoms with Crippen LogP contribution < -0.4 is 10.6 Å². The normalized spacial score (nSPS) is 10.6. The van der Waals surface area contributed by atoms with Gasteiger partial charge in [-0.1, -0.05) is 6.92 Å². The number of fused-ring (bicyclic) bond motifs is 1. The molecule has 0 radical (unpaired) electrons. The van der Waals surface area contributed by atoms with E-state index in [0.29, 0.717) is 5.95 Å². The number of aromatic amines is 1. The van der Waals surface area contributed by atoms with Crippen molar-refractivity contribution in [3.8, 4) is 0 Å².